The summed E-state index contributed by atoms with van der Waals surface area (Å²) in [5.74, 6) is 0.539. The Morgan fingerprint density at radius 1 is 1.14 bits per heavy atom. The van der Waals surface area contributed by atoms with Gasteiger partial charge < -0.3 is 19.5 Å². The number of aryl methyl sites for hydroxylation is 1. The highest BCUT2D eigenvalue weighted by atomic mass is 35.5. The van der Waals surface area contributed by atoms with Gasteiger partial charge in [-0.1, -0.05) is 43.2 Å². The van der Waals surface area contributed by atoms with Crippen LogP contribution in [0.3, 0.4) is 0 Å². The summed E-state index contributed by atoms with van der Waals surface area (Å²) in [5.41, 5.74) is 3.62. The number of sulfone groups is 1. The van der Waals surface area contributed by atoms with Gasteiger partial charge in [-0.25, -0.2) is 23.2 Å². The molecule has 2 saturated carbocycles. The fourth-order valence-electron chi connectivity index (χ4n) is 8.95. The van der Waals surface area contributed by atoms with E-state index in [1.807, 2.05) is 31.2 Å². The number of aliphatic hydroxyl groups is 1. The summed E-state index contributed by atoms with van der Waals surface area (Å²) in [6.45, 7) is 3.94. The second-order valence-corrected chi connectivity index (χ2v) is 17.2. The minimum absolute atomic E-state index is 0.0338. The highest BCUT2D eigenvalue weighted by Crippen LogP contribution is 2.47. The zero-order chi connectivity index (χ0) is 35.0. The maximum Gasteiger partial charge on any atom is 0.337 e. The Balaban J connectivity index is 1.11. The monoisotopic (exact) mass is 719 g/mol. The highest BCUT2D eigenvalue weighted by Gasteiger charge is 2.45. The first-order valence-corrected chi connectivity index (χ1v) is 19.8. The summed E-state index contributed by atoms with van der Waals surface area (Å²) in [7, 11) is -2.27. The van der Waals surface area contributed by atoms with Crippen molar-refractivity contribution in [2.45, 2.75) is 80.2 Å². The fraction of sp³-hybridized carbons (Fsp3) is 0.513. The van der Waals surface area contributed by atoms with E-state index in [1.165, 1.54) is 30.6 Å². The average molecular weight is 720 g/mol. The number of methoxy groups -OCH3 is 1. The number of fused-ring (bicyclic) bond motifs is 3. The number of ether oxygens (including phenoxy) is 2. The molecule has 9 nitrogen and oxygen atoms in total. The minimum atomic E-state index is -3.66. The molecule has 50 heavy (non-hydrogen) atoms. The summed E-state index contributed by atoms with van der Waals surface area (Å²) >= 11 is 6.43. The Hall–Kier alpha value is -3.47. The summed E-state index contributed by atoms with van der Waals surface area (Å²) in [5, 5.41) is 11.6. The van der Waals surface area contributed by atoms with E-state index in [0.717, 1.165) is 68.0 Å². The highest BCUT2D eigenvalue weighted by molar-refractivity contribution is 7.91. The van der Waals surface area contributed by atoms with Crippen molar-refractivity contribution >= 4 is 33.1 Å². The largest absolute Gasteiger partial charge is 0.490 e. The van der Waals surface area contributed by atoms with Gasteiger partial charge in [0.05, 0.1) is 36.3 Å². The second-order valence-electron chi connectivity index (χ2n) is 14.7. The van der Waals surface area contributed by atoms with E-state index in [9.17, 15) is 18.3 Å². The Labute approximate surface area is 300 Å². The topological polar surface area (TPSA) is 119 Å². The molecule has 1 spiro atoms. The first-order valence-electron chi connectivity index (χ1n) is 17.9. The van der Waals surface area contributed by atoms with Crippen LogP contribution in [0, 0.1) is 23.7 Å². The van der Waals surface area contributed by atoms with Crippen LogP contribution in [0.5, 0.6) is 5.75 Å². The Morgan fingerprint density at radius 3 is 2.72 bits per heavy atom. The number of aliphatic hydroxyl groups excluding tert-OH is 1. The molecule has 2 heterocycles. The number of allylic oxidation sites excluding steroid dienone is 1. The number of rotatable bonds is 8. The van der Waals surface area contributed by atoms with E-state index in [-0.39, 0.29) is 34.2 Å². The lowest BCUT2D eigenvalue weighted by atomic mass is 9.68. The van der Waals surface area contributed by atoms with Gasteiger partial charge in [0.2, 0.25) is 15.0 Å². The molecule has 7 rings (SSSR count). The molecule has 7 atom stereocenters. The molecule has 0 unspecified atom stereocenters. The van der Waals surface area contributed by atoms with E-state index in [1.54, 1.807) is 12.1 Å². The van der Waals surface area contributed by atoms with Crippen LogP contribution in [0.15, 0.2) is 72.2 Å². The van der Waals surface area contributed by atoms with Crippen molar-refractivity contribution in [3.8, 4) is 5.75 Å². The number of aromatic nitrogens is 2. The Kier molecular flexibility index (Phi) is 9.98. The van der Waals surface area contributed by atoms with Gasteiger partial charge in [-0.2, -0.15) is 0 Å². The van der Waals surface area contributed by atoms with Gasteiger partial charge in [0, 0.05) is 35.9 Å². The molecular formula is C39H46ClN3O6S. The molecule has 2 aromatic carbocycles. The van der Waals surface area contributed by atoms with E-state index < -0.39 is 27.2 Å². The van der Waals surface area contributed by atoms with E-state index in [2.05, 4.69) is 33.1 Å². The minimum Gasteiger partial charge on any atom is -0.490 e. The zero-order valence-electron chi connectivity index (χ0n) is 28.7. The fourth-order valence-corrected chi connectivity index (χ4v) is 11.1. The summed E-state index contributed by atoms with van der Waals surface area (Å²) < 4.78 is 38.5. The molecular weight excluding hydrogens is 674 g/mol. The van der Waals surface area contributed by atoms with Gasteiger partial charge >= 0.3 is 5.97 Å². The standard InChI is InChI=1S/C39H46ClN3O6S/c1-25-26(6-3-8-36(25)50(46,47)38-41-18-5-19-42-38)10-15-34(44)31-13-9-29(31)22-43-23-39(17-4-7-27-20-30(40)12-14-32(27)39)24-49-35-16-11-28(21-33(35)43)37(45)48-2/h5,10-12,14-16,18-21,25-26,29,31,34,36,44H,3-4,6-9,13,17,22-24H2,1-2H3/b15-10+/t25-,26-,29+,31-,34+,36+,39+/m1/s1. The molecule has 1 N–H and O–H groups in total. The molecule has 1 aliphatic heterocycles. The normalized spacial score (nSPS) is 28.6. The lowest BCUT2D eigenvalue weighted by Gasteiger charge is -2.45. The second kappa shape index (κ2) is 14.3. The first kappa shape index (κ1) is 35.0. The van der Waals surface area contributed by atoms with Crippen molar-refractivity contribution in [2.24, 2.45) is 23.7 Å². The first-order chi connectivity index (χ1) is 24.1. The summed E-state index contributed by atoms with van der Waals surface area (Å²) in [6, 6.07) is 13.3. The van der Waals surface area contributed by atoms with Gasteiger partial charge in [0.1, 0.15) is 5.75 Å². The molecule has 1 aromatic heterocycles. The van der Waals surface area contributed by atoms with E-state index >= 15 is 0 Å². The Morgan fingerprint density at radius 2 is 1.96 bits per heavy atom. The van der Waals surface area contributed by atoms with Crippen LogP contribution in [0.4, 0.5) is 5.69 Å². The number of hydrogen-bond acceptors (Lipinski definition) is 9. The van der Waals surface area contributed by atoms with Gasteiger partial charge in [0.25, 0.3) is 0 Å². The lowest BCUT2D eigenvalue weighted by Crippen LogP contribution is -2.49. The van der Waals surface area contributed by atoms with Crippen molar-refractivity contribution < 1.29 is 27.8 Å². The number of hydrogen-bond donors (Lipinski definition) is 1. The summed E-state index contributed by atoms with van der Waals surface area (Å²) in [6.07, 6.45) is 13.4. The maximum atomic E-state index is 13.4. The zero-order valence-corrected chi connectivity index (χ0v) is 30.3. The lowest BCUT2D eigenvalue weighted by molar-refractivity contribution is 0.0452. The smallest absolute Gasteiger partial charge is 0.337 e. The number of nitrogens with zero attached hydrogens (tertiary/aromatic N) is 3. The molecule has 0 bridgehead atoms. The molecule has 0 radical (unpaired) electrons. The number of carbonyl (C=O) groups excluding carboxylic acids is 1. The van der Waals surface area contributed by atoms with Crippen molar-refractivity contribution in [1.82, 2.24) is 9.97 Å². The summed E-state index contributed by atoms with van der Waals surface area (Å²) in [4.78, 5) is 23.1. The third-order valence-electron chi connectivity index (χ3n) is 11.9. The number of benzene rings is 2. The van der Waals surface area contributed by atoms with Crippen LogP contribution >= 0.6 is 11.6 Å². The van der Waals surface area contributed by atoms with Crippen LogP contribution in [0.1, 0.15) is 73.4 Å². The average Bonchev–Trinajstić information content (AvgIpc) is 3.26. The third-order valence-corrected chi connectivity index (χ3v) is 14.3. The van der Waals surface area contributed by atoms with Gasteiger partial charge in [-0.05, 0) is 116 Å². The number of anilines is 1. The van der Waals surface area contributed by atoms with Crippen LogP contribution in [0.25, 0.3) is 0 Å². The molecule has 11 heteroatoms. The van der Waals surface area contributed by atoms with Gasteiger partial charge in [0.15, 0.2) is 0 Å². The molecule has 0 saturated heterocycles. The van der Waals surface area contributed by atoms with E-state index in [4.69, 9.17) is 21.1 Å². The van der Waals surface area contributed by atoms with E-state index in [0.29, 0.717) is 25.1 Å². The number of esters is 1. The van der Waals surface area contributed by atoms with Crippen LogP contribution in [-0.4, -0.2) is 67.6 Å². The van der Waals surface area contributed by atoms with Crippen LogP contribution in [-0.2, 0) is 26.4 Å². The van der Waals surface area contributed by atoms with Gasteiger partial charge in [-0.3, -0.25) is 0 Å². The van der Waals surface area contributed by atoms with Crippen molar-refractivity contribution in [2.75, 3.05) is 31.7 Å². The predicted molar refractivity (Wildman–Crippen MR) is 192 cm³/mol. The van der Waals surface area contributed by atoms with Crippen molar-refractivity contribution in [3.63, 3.8) is 0 Å². The van der Waals surface area contributed by atoms with Crippen LogP contribution < -0.4 is 9.64 Å². The molecule has 4 aliphatic rings. The molecule has 0 amide bonds. The molecule has 2 fully saturated rings. The molecule has 266 valence electrons. The van der Waals surface area contributed by atoms with Crippen LogP contribution in [0.2, 0.25) is 5.02 Å². The number of halogens is 1. The Bertz CT molecular complexity index is 1860. The number of carbonyl (C=O) groups is 1. The SMILES string of the molecule is COC(=O)c1ccc2c(c1)N(C[C@@H]1CC[C@H]1[C@@H](O)/C=C/[C@H]1CCC[C@H](S(=O)(=O)c3ncccn3)[C@@H]1C)C[C@@]1(CCCc3cc(Cl)ccc31)CO2. The molecule has 3 aromatic rings. The molecule has 3 aliphatic carbocycles. The predicted octanol–water partition coefficient (Wildman–Crippen LogP) is 6.61. The van der Waals surface area contributed by atoms with Crippen molar-refractivity contribution in [1.29, 1.82) is 0 Å². The van der Waals surface area contributed by atoms with Gasteiger partial charge in [-0.15, -0.1) is 0 Å². The maximum absolute atomic E-state index is 13.4. The quantitative estimate of drug-likeness (QED) is 0.156. The third kappa shape index (κ3) is 6.66. The van der Waals surface area contributed by atoms with Crippen molar-refractivity contribution in [3.05, 3.63) is 88.7 Å².